The highest BCUT2D eigenvalue weighted by Gasteiger charge is 2.08. The summed E-state index contributed by atoms with van der Waals surface area (Å²) >= 11 is 7.35. The van der Waals surface area contributed by atoms with Crippen molar-refractivity contribution >= 4 is 23.4 Å². The summed E-state index contributed by atoms with van der Waals surface area (Å²) in [6.07, 6.45) is 1.61. The highest BCUT2D eigenvalue weighted by molar-refractivity contribution is 7.99. The van der Waals surface area contributed by atoms with Gasteiger partial charge in [-0.05, 0) is 18.2 Å². The zero-order valence-corrected chi connectivity index (χ0v) is 9.79. The predicted octanol–water partition coefficient (Wildman–Crippen LogP) is 3.76. The molecule has 0 aliphatic heterocycles. The third-order valence-electron chi connectivity index (χ3n) is 1.95. The molecule has 0 atom stereocenters. The van der Waals surface area contributed by atoms with E-state index in [1.807, 2.05) is 30.3 Å². The zero-order valence-electron chi connectivity index (χ0n) is 8.22. The van der Waals surface area contributed by atoms with Crippen LogP contribution in [0.5, 0.6) is 0 Å². The minimum atomic E-state index is 0.253. The molecule has 1 aromatic heterocycles. The van der Waals surface area contributed by atoms with E-state index in [2.05, 4.69) is 11.1 Å². The Bertz CT molecular complexity index is 534. The summed E-state index contributed by atoms with van der Waals surface area (Å²) in [6.45, 7) is 0. The van der Waals surface area contributed by atoms with Crippen molar-refractivity contribution in [2.75, 3.05) is 0 Å². The minimum Gasteiger partial charge on any atom is -0.243 e. The van der Waals surface area contributed by atoms with Crippen LogP contribution in [-0.4, -0.2) is 4.98 Å². The van der Waals surface area contributed by atoms with Crippen LogP contribution in [0.15, 0.2) is 52.4 Å². The second-order valence-corrected chi connectivity index (χ2v) is 4.48. The average Bonchev–Trinajstić information content (AvgIpc) is 2.31. The molecule has 0 fully saturated rings. The van der Waals surface area contributed by atoms with Crippen LogP contribution in [0, 0.1) is 11.3 Å². The normalized spacial score (nSPS) is 9.75. The zero-order chi connectivity index (χ0) is 11.4. The summed E-state index contributed by atoms with van der Waals surface area (Å²) < 4.78 is 0. The fraction of sp³-hybridized carbons (Fsp3) is 0. The van der Waals surface area contributed by atoms with Crippen molar-refractivity contribution in [3.05, 3.63) is 53.3 Å². The first kappa shape index (κ1) is 11.0. The van der Waals surface area contributed by atoms with Crippen molar-refractivity contribution in [2.24, 2.45) is 0 Å². The van der Waals surface area contributed by atoms with E-state index in [9.17, 15) is 0 Å². The maximum Gasteiger partial charge on any atom is 0.147 e. The molecular weight excluding hydrogens is 240 g/mol. The number of nitrogens with zero attached hydrogens (tertiary/aromatic N) is 2. The first-order valence-electron chi connectivity index (χ1n) is 4.59. The first-order valence-corrected chi connectivity index (χ1v) is 5.78. The molecule has 16 heavy (non-hydrogen) atoms. The molecule has 0 saturated heterocycles. The molecule has 0 amide bonds. The number of nitriles is 1. The third-order valence-corrected chi connectivity index (χ3v) is 3.30. The number of halogens is 1. The lowest BCUT2D eigenvalue weighted by Crippen LogP contribution is -1.86. The first-order chi connectivity index (χ1) is 7.81. The van der Waals surface area contributed by atoms with Gasteiger partial charge >= 0.3 is 0 Å². The standard InChI is InChI=1S/C12H7ClN2S/c13-12-10(8-14)11(6-7-15-12)16-9-4-2-1-3-5-9/h1-7H. The molecule has 0 aliphatic carbocycles. The Hall–Kier alpha value is -1.50. The number of hydrogen-bond donors (Lipinski definition) is 0. The molecule has 0 spiro atoms. The summed E-state index contributed by atoms with van der Waals surface area (Å²) in [7, 11) is 0. The molecule has 78 valence electrons. The van der Waals surface area contributed by atoms with E-state index < -0.39 is 0 Å². The van der Waals surface area contributed by atoms with E-state index in [0.717, 1.165) is 9.79 Å². The average molecular weight is 247 g/mol. The van der Waals surface area contributed by atoms with Gasteiger partial charge in [0.25, 0.3) is 0 Å². The Labute approximate surface area is 103 Å². The summed E-state index contributed by atoms with van der Waals surface area (Å²) in [6, 6.07) is 13.7. The number of rotatable bonds is 2. The molecule has 2 nitrogen and oxygen atoms in total. The summed E-state index contributed by atoms with van der Waals surface area (Å²) in [4.78, 5) is 5.78. The molecule has 0 N–H and O–H groups in total. The second kappa shape index (κ2) is 5.02. The van der Waals surface area contributed by atoms with Gasteiger partial charge in [0.05, 0.1) is 0 Å². The van der Waals surface area contributed by atoms with Gasteiger partial charge in [0.2, 0.25) is 0 Å². The highest BCUT2D eigenvalue weighted by atomic mass is 35.5. The van der Waals surface area contributed by atoms with Crippen LogP contribution in [0.25, 0.3) is 0 Å². The Balaban J connectivity index is 2.36. The van der Waals surface area contributed by atoms with E-state index in [-0.39, 0.29) is 5.15 Å². The Kier molecular flexibility index (Phi) is 3.45. The maximum absolute atomic E-state index is 8.99. The number of hydrogen-bond acceptors (Lipinski definition) is 3. The Morgan fingerprint density at radius 3 is 2.62 bits per heavy atom. The van der Waals surface area contributed by atoms with Gasteiger partial charge in [0.15, 0.2) is 0 Å². The van der Waals surface area contributed by atoms with E-state index >= 15 is 0 Å². The Morgan fingerprint density at radius 1 is 1.19 bits per heavy atom. The SMILES string of the molecule is N#Cc1c(Sc2ccccc2)ccnc1Cl. The fourth-order valence-electron chi connectivity index (χ4n) is 1.22. The number of aromatic nitrogens is 1. The molecular formula is C12H7ClN2S. The van der Waals surface area contributed by atoms with Crippen LogP contribution < -0.4 is 0 Å². The largest absolute Gasteiger partial charge is 0.243 e. The van der Waals surface area contributed by atoms with Crippen molar-refractivity contribution in [2.45, 2.75) is 9.79 Å². The molecule has 4 heteroatoms. The van der Waals surface area contributed by atoms with Crippen molar-refractivity contribution in [1.82, 2.24) is 4.98 Å². The van der Waals surface area contributed by atoms with Gasteiger partial charge in [-0.1, -0.05) is 41.6 Å². The van der Waals surface area contributed by atoms with Gasteiger partial charge in [0.1, 0.15) is 16.8 Å². The van der Waals surface area contributed by atoms with Crippen LogP contribution in [-0.2, 0) is 0 Å². The lowest BCUT2D eigenvalue weighted by molar-refractivity contribution is 1.22. The van der Waals surface area contributed by atoms with E-state index in [1.165, 1.54) is 11.8 Å². The molecule has 2 rings (SSSR count). The smallest absolute Gasteiger partial charge is 0.147 e. The summed E-state index contributed by atoms with van der Waals surface area (Å²) in [5.41, 5.74) is 0.429. The predicted molar refractivity (Wildman–Crippen MR) is 64.5 cm³/mol. The molecule has 0 aliphatic rings. The van der Waals surface area contributed by atoms with Gasteiger partial charge in [-0.15, -0.1) is 0 Å². The molecule has 0 saturated carbocycles. The Morgan fingerprint density at radius 2 is 1.94 bits per heavy atom. The molecule has 1 aromatic carbocycles. The molecule has 2 aromatic rings. The van der Waals surface area contributed by atoms with E-state index in [4.69, 9.17) is 16.9 Å². The summed E-state index contributed by atoms with van der Waals surface area (Å²) in [5, 5.41) is 9.24. The van der Waals surface area contributed by atoms with E-state index in [1.54, 1.807) is 12.3 Å². The lowest BCUT2D eigenvalue weighted by Gasteiger charge is -2.03. The third kappa shape index (κ3) is 2.35. The second-order valence-electron chi connectivity index (χ2n) is 3.00. The van der Waals surface area contributed by atoms with Crippen molar-refractivity contribution < 1.29 is 0 Å². The van der Waals surface area contributed by atoms with Gasteiger partial charge in [-0.3, -0.25) is 0 Å². The van der Waals surface area contributed by atoms with Gasteiger partial charge in [-0.2, -0.15) is 5.26 Å². The van der Waals surface area contributed by atoms with Crippen molar-refractivity contribution in [1.29, 1.82) is 5.26 Å². The van der Waals surface area contributed by atoms with Crippen molar-refractivity contribution in [3.63, 3.8) is 0 Å². The number of benzene rings is 1. The maximum atomic E-state index is 8.99. The highest BCUT2D eigenvalue weighted by Crippen LogP contribution is 2.31. The van der Waals surface area contributed by atoms with Crippen LogP contribution in [0.1, 0.15) is 5.56 Å². The molecule has 0 unspecified atom stereocenters. The van der Waals surface area contributed by atoms with Gasteiger partial charge in [-0.25, -0.2) is 4.98 Å². The molecule has 0 radical (unpaired) electrons. The van der Waals surface area contributed by atoms with Gasteiger partial charge in [0, 0.05) is 16.0 Å². The quantitative estimate of drug-likeness (QED) is 0.757. The van der Waals surface area contributed by atoms with Gasteiger partial charge < -0.3 is 0 Å². The summed E-state index contributed by atoms with van der Waals surface area (Å²) in [5.74, 6) is 0. The minimum absolute atomic E-state index is 0.253. The molecule has 0 bridgehead atoms. The van der Waals surface area contributed by atoms with Crippen LogP contribution in [0.2, 0.25) is 5.15 Å². The molecule has 1 heterocycles. The monoisotopic (exact) mass is 246 g/mol. The van der Waals surface area contributed by atoms with E-state index in [0.29, 0.717) is 5.56 Å². The lowest BCUT2D eigenvalue weighted by atomic mass is 10.3. The van der Waals surface area contributed by atoms with Crippen LogP contribution in [0.4, 0.5) is 0 Å². The van der Waals surface area contributed by atoms with Crippen LogP contribution in [0.3, 0.4) is 0 Å². The fourth-order valence-corrected chi connectivity index (χ4v) is 2.40. The van der Waals surface area contributed by atoms with Crippen molar-refractivity contribution in [3.8, 4) is 6.07 Å². The van der Waals surface area contributed by atoms with Crippen LogP contribution >= 0.6 is 23.4 Å². The number of pyridine rings is 1. The topological polar surface area (TPSA) is 36.7 Å².